The third-order valence-corrected chi connectivity index (χ3v) is 7.87. The Hall–Kier alpha value is -3.40. The molecule has 4 rings (SSSR count). The Bertz CT molecular complexity index is 1230. The second-order valence-electron chi connectivity index (χ2n) is 9.54. The van der Waals surface area contributed by atoms with Gasteiger partial charge in [0.25, 0.3) is 0 Å². The fourth-order valence-corrected chi connectivity index (χ4v) is 5.55. The van der Waals surface area contributed by atoms with E-state index in [9.17, 15) is 9.59 Å². The Morgan fingerprint density at radius 2 is 1.54 bits per heavy atom. The van der Waals surface area contributed by atoms with Crippen molar-refractivity contribution in [1.29, 1.82) is 0 Å². The first-order valence-corrected chi connectivity index (χ1v) is 14.5. The van der Waals surface area contributed by atoms with Crippen molar-refractivity contribution in [2.75, 3.05) is 46.2 Å². The summed E-state index contributed by atoms with van der Waals surface area (Å²) in [5, 5.41) is 2.83. The Labute approximate surface area is 252 Å². The molecule has 1 atom stereocenters. The molecule has 1 aliphatic rings. The van der Waals surface area contributed by atoms with E-state index >= 15 is 0 Å². The molecular weight excluding hydrogens is 562 g/mol. The quantitative estimate of drug-likeness (QED) is 0.314. The molecule has 2 amide bonds. The minimum atomic E-state index is -0.679. The summed E-state index contributed by atoms with van der Waals surface area (Å²) in [4.78, 5) is 30.4. The SMILES string of the molecule is COc1ccc(OC)c(CN2CCN(C(=O)[C@H](CSCc3ccccc3)NC(=O)OCc3ccccc3)CC2)c1.Cl. The second kappa shape index (κ2) is 16.8. The standard InChI is InChI=1S/C31H37N3O5S.ClH/c1-37-27-13-14-29(38-2)26(19-27)20-33-15-17-34(18-16-33)30(35)28(23-40-22-25-11-7-4-8-12-25)32-31(36)39-21-24-9-5-3-6-10-24;/h3-14,19,28H,15-18,20-23H2,1-2H3,(H,32,36);1H/t28-;/m0./s1. The fourth-order valence-electron chi connectivity index (χ4n) is 4.54. The van der Waals surface area contributed by atoms with E-state index in [0.29, 0.717) is 38.5 Å². The van der Waals surface area contributed by atoms with Crippen LogP contribution in [0.3, 0.4) is 0 Å². The number of thioether (sulfide) groups is 1. The number of ether oxygens (including phenoxy) is 3. The van der Waals surface area contributed by atoms with Gasteiger partial charge in [0, 0.05) is 49.8 Å². The minimum Gasteiger partial charge on any atom is -0.497 e. The lowest BCUT2D eigenvalue weighted by Crippen LogP contribution is -2.55. The number of hydrogen-bond acceptors (Lipinski definition) is 7. The molecule has 0 radical (unpaired) electrons. The van der Waals surface area contributed by atoms with Crippen LogP contribution >= 0.6 is 24.2 Å². The molecule has 1 N–H and O–H groups in total. The zero-order valence-corrected chi connectivity index (χ0v) is 25.1. The molecular formula is C31H38ClN3O5S. The van der Waals surface area contributed by atoms with Crippen LogP contribution in [0.2, 0.25) is 0 Å². The third-order valence-electron chi connectivity index (χ3n) is 6.76. The summed E-state index contributed by atoms with van der Waals surface area (Å²) in [5.74, 6) is 2.71. The van der Waals surface area contributed by atoms with Crippen molar-refractivity contribution in [3.05, 3.63) is 95.6 Å². The molecule has 220 valence electrons. The number of carbonyl (C=O) groups excluding carboxylic acids is 2. The van der Waals surface area contributed by atoms with Crippen LogP contribution in [0.15, 0.2) is 78.9 Å². The van der Waals surface area contributed by atoms with Crippen LogP contribution in [0.1, 0.15) is 16.7 Å². The first-order valence-electron chi connectivity index (χ1n) is 13.4. The van der Waals surface area contributed by atoms with E-state index in [1.54, 1.807) is 26.0 Å². The molecule has 0 aliphatic carbocycles. The molecule has 41 heavy (non-hydrogen) atoms. The number of halogens is 1. The molecule has 3 aromatic carbocycles. The van der Waals surface area contributed by atoms with Crippen molar-refractivity contribution < 1.29 is 23.8 Å². The number of hydrogen-bond donors (Lipinski definition) is 1. The zero-order chi connectivity index (χ0) is 28.2. The van der Waals surface area contributed by atoms with Crippen molar-refractivity contribution >= 4 is 36.2 Å². The lowest BCUT2D eigenvalue weighted by Gasteiger charge is -2.36. The normalized spacial score (nSPS) is 14.0. The van der Waals surface area contributed by atoms with Gasteiger partial charge >= 0.3 is 6.09 Å². The Morgan fingerprint density at radius 3 is 2.17 bits per heavy atom. The molecule has 0 saturated carbocycles. The molecule has 1 fully saturated rings. The van der Waals surface area contributed by atoms with E-state index in [-0.39, 0.29) is 24.9 Å². The molecule has 1 heterocycles. The number of alkyl carbamates (subject to hydrolysis) is 1. The van der Waals surface area contributed by atoms with Crippen LogP contribution in [-0.2, 0) is 28.4 Å². The van der Waals surface area contributed by atoms with Crippen molar-refractivity contribution in [2.24, 2.45) is 0 Å². The Morgan fingerprint density at radius 1 is 0.878 bits per heavy atom. The summed E-state index contributed by atoms with van der Waals surface area (Å²) in [6.07, 6.45) is -0.591. The zero-order valence-electron chi connectivity index (χ0n) is 23.5. The molecule has 10 heteroatoms. The highest BCUT2D eigenvalue weighted by Crippen LogP contribution is 2.26. The van der Waals surface area contributed by atoms with Gasteiger partial charge in [-0.15, -0.1) is 12.4 Å². The molecule has 1 saturated heterocycles. The predicted molar refractivity (Wildman–Crippen MR) is 165 cm³/mol. The van der Waals surface area contributed by atoms with E-state index < -0.39 is 12.1 Å². The number of rotatable bonds is 12. The first kappa shape index (κ1) is 32.1. The van der Waals surface area contributed by atoms with Crippen molar-refractivity contribution in [3.8, 4) is 11.5 Å². The van der Waals surface area contributed by atoms with Crippen LogP contribution in [0.4, 0.5) is 4.79 Å². The van der Waals surface area contributed by atoms with Crippen LogP contribution in [0.5, 0.6) is 11.5 Å². The number of amides is 2. The molecule has 1 aliphatic heterocycles. The smallest absolute Gasteiger partial charge is 0.408 e. The number of benzene rings is 3. The largest absolute Gasteiger partial charge is 0.497 e. The highest BCUT2D eigenvalue weighted by molar-refractivity contribution is 7.98. The molecule has 0 aromatic heterocycles. The van der Waals surface area contributed by atoms with E-state index in [1.165, 1.54) is 5.56 Å². The number of carbonyl (C=O) groups is 2. The van der Waals surface area contributed by atoms with Gasteiger partial charge in [-0.2, -0.15) is 11.8 Å². The van der Waals surface area contributed by atoms with Gasteiger partial charge in [-0.3, -0.25) is 9.69 Å². The Kier molecular flexibility index (Phi) is 13.1. The summed E-state index contributed by atoms with van der Waals surface area (Å²) in [6, 6.07) is 24.7. The molecule has 0 unspecified atom stereocenters. The average Bonchev–Trinajstić information content (AvgIpc) is 3.00. The third kappa shape index (κ3) is 9.88. The summed E-state index contributed by atoms with van der Waals surface area (Å²) in [7, 11) is 3.31. The van der Waals surface area contributed by atoms with Gasteiger partial charge in [-0.25, -0.2) is 4.79 Å². The van der Waals surface area contributed by atoms with Crippen LogP contribution < -0.4 is 14.8 Å². The second-order valence-corrected chi connectivity index (χ2v) is 10.6. The van der Waals surface area contributed by atoms with E-state index in [0.717, 1.165) is 28.4 Å². The maximum Gasteiger partial charge on any atom is 0.408 e. The van der Waals surface area contributed by atoms with Gasteiger partial charge in [-0.05, 0) is 29.3 Å². The van der Waals surface area contributed by atoms with Crippen molar-refractivity contribution in [3.63, 3.8) is 0 Å². The average molecular weight is 600 g/mol. The number of piperazine rings is 1. The predicted octanol–water partition coefficient (Wildman–Crippen LogP) is 5.00. The van der Waals surface area contributed by atoms with Crippen molar-refractivity contribution in [1.82, 2.24) is 15.1 Å². The van der Waals surface area contributed by atoms with Gasteiger partial charge in [0.2, 0.25) is 5.91 Å². The van der Waals surface area contributed by atoms with E-state index in [2.05, 4.69) is 22.3 Å². The molecule has 0 spiro atoms. The summed E-state index contributed by atoms with van der Waals surface area (Å²) in [6.45, 7) is 3.43. The van der Waals surface area contributed by atoms with Gasteiger partial charge in [0.15, 0.2) is 0 Å². The monoisotopic (exact) mass is 599 g/mol. The highest BCUT2D eigenvalue weighted by Gasteiger charge is 2.29. The lowest BCUT2D eigenvalue weighted by molar-refractivity contribution is -0.134. The maximum atomic E-state index is 13.6. The van der Waals surface area contributed by atoms with E-state index in [4.69, 9.17) is 14.2 Å². The first-order chi connectivity index (χ1) is 19.6. The van der Waals surface area contributed by atoms with Crippen LogP contribution in [0.25, 0.3) is 0 Å². The highest BCUT2D eigenvalue weighted by atomic mass is 35.5. The summed E-state index contributed by atoms with van der Waals surface area (Å²) < 4.78 is 16.3. The van der Waals surface area contributed by atoms with Gasteiger partial charge in [-0.1, -0.05) is 60.7 Å². The van der Waals surface area contributed by atoms with Crippen LogP contribution in [0, 0.1) is 0 Å². The fraction of sp³-hybridized carbons (Fsp3) is 0.355. The number of nitrogens with zero attached hydrogens (tertiary/aromatic N) is 2. The lowest BCUT2D eigenvalue weighted by atomic mass is 10.1. The van der Waals surface area contributed by atoms with E-state index in [1.807, 2.05) is 71.6 Å². The van der Waals surface area contributed by atoms with Gasteiger partial charge in [0.1, 0.15) is 24.1 Å². The molecule has 0 bridgehead atoms. The number of nitrogens with one attached hydrogen (secondary N) is 1. The molecule has 8 nitrogen and oxygen atoms in total. The van der Waals surface area contributed by atoms with Gasteiger partial charge in [0.05, 0.1) is 14.2 Å². The Balaban J connectivity index is 0.00000462. The van der Waals surface area contributed by atoms with Crippen molar-refractivity contribution in [2.45, 2.75) is 24.9 Å². The van der Waals surface area contributed by atoms with Gasteiger partial charge < -0.3 is 24.4 Å². The maximum absolute atomic E-state index is 13.6. The minimum absolute atomic E-state index is 0. The summed E-state index contributed by atoms with van der Waals surface area (Å²) >= 11 is 1.62. The van der Waals surface area contributed by atoms with Crippen LogP contribution in [-0.4, -0.2) is 74.0 Å². The molecule has 3 aromatic rings. The number of methoxy groups -OCH3 is 2. The topological polar surface area (TPSA) is 80.3 Å². The summed E-state index contributed by atoms with van der Waals surface area (Å²) in [5.41, 5.74) is 3.11.